The highest BCUT2D eigenvalue weighted by molar-refractivity contribution is 6.18. The minimum Gasteiger partial charge on any atom is -0.465 e. The maximum Gasteiger partial charge on any atom is 0.404 e. The Labute approximate surface area is 83.5 Å². The van der Waals surface area contributed by atoms with Crippen molar-refractivity contribution in [3.63, 3.8) is 0 Å². The van der Waals surface area contributed by atoms with Gasteiger partial charge >= 0.3 is 6.09 Å². The zero-order valence-corrected chi connectivity index (χ0v) is 8.39. The number of halogens is 1. The van der Waals surface area contributed by atoms with Crippen molar-refractivity contribution >= 4 is 17.7 Å². The molecule has 1 unspecified atom stereocenters. The lowest BCUT2D eigenvalue weighted by atomic mass is 9.84. The first-order valence-electron chi connectivity index (χ1n) is 4.79. The van der Waals surface area contributed by atoms with Crippen LogP contribution in [0.2, 0.25) is 0 Å². The Morgan fingerprint density at radius 2 is 2.08 bits per heavy atom. The molecule has 1 rings (SSSR count). The second-order valence-corrected chi connectivity index (χ2v) is 3.92. The maximum absolute atomic E-state index is 10.4. The van der Waals surface area contributed by atoms with Crippen molar-refractivity contribution in [2.24, 2.45) is 5.92 Å². The SMILES string of the molecule is O=C(O)NC(CCl)C1CCCCC1. The van der Waals surface area contributed by atoms with Crippen LogP contribution in [-0.4, -0.2) is 23.1 Å². The molecular weight excluding hydrogens is 190 g/mol. The minimum atomic E-state index is -0.962. The molecule has 0 saturated heterocycles. The van der Waals surface area contributed by atoms with E-state index in [-0.39, 0.29) is 6.04 Å². The van der Waals surface area contributed by atoms with Gasteiger partial charge in [0.25, 0.3) is 0 Å². The summed E-state index contributed by atoms with van der Waals surface area (Å²) in [7, 11) is 0. The molecule has 0 spiro atoms. The summed E-state index contributed by atoms with van der Waals surface area (Å²) in [6, 6.07) is -0.0560. The van der Waals surface area contributed by atoms with Crippen LogP contribution in [0.3, 0.4) is 0 Å². The van der Waals surface area contributed by atoms with Crippen LogP contribution in [-0.2, 0) is 0 Å². The lowest BCUT2D eigenvalue weighted by molar-refractivity contribution is 0.181. The monoisotopic (exact) mass is 205 g/mol. The van der Waals surface area contributed by atoms with Crippen LogP contribution in [0, 0.1) is 5.92 Å². The van der Waals surface area contributed by atoms with Gasteiger partial charge in [-0.05, 0) is 18.8 Å². The highest BCUT2D eigenvalue weighted by Gasteiger charge is 2.23. The molecule has 3 nitrogen and oxygen atoms in total. The lowest BCUT2D eigenvalue weighted by Crippen LogP contribution is -2.41. The van der Waals surface area contributed by atoms with Gasteiger partial charge in [-0.25, -0.2) is 4.79 Å². The van der Waals surface area contributed by atoms with E-state index in [0.29, 0.717) is 11.8 Å². The summed E-state index contributed by atoms with van der Waals surface area (Å²) in [5.41, 5.74) is 0. The van der Waals surface area contributed by atoms with Crippen LogP contribution in [0.25, 0.3) is 0 Å². The van der Waals surface area contributed by atoms with Crippen LogP contribution in [0.5, 0.6) is 0 Å². The zero-order chi connectivity index (χ0) is 9.68. The van der Waals surface area contributed by atoms with E-state index >= 15 is 0 Å². The van der Waals surface area contributed by atoms with Gasteiger partial charge in [0.2, 0.25) is 0 Å². The Hall–Kier alpha value is -0.440. The van der Waals surface area contributed by atoms with E-state index in [4.69, 9.17) is 16.7 Å². The largest absolute Gasteiger partial charge is 0.465 e. The second-order valence-electron chi connectivity index (χ2n) is 3.61. The first-order chi connectivity index (χ1) is 6.24. The van der Waals surface area contributed by atoms with Crippen molar-refractivity contribution in [1.29, 1.82) is 0 Å². The first-order valence-corrected chi connectivity index (χ1v) is 5.33. The molecule has 0 radical (unpaired) electrons. The summed E-state index contributed by atoms with van der Waals surface area (Å²) in [5.74, 6) is 0.833. The molecule has 1 aliphatic rings. The third kappa shape index (κ3) is 3.43. The highest BCUT2D eigenvalue weighted by atomic mass is 35.5. The van der Waals surface area contributed by atoms with Crippen molar-refractivity contribution in [2.75, 3.05) is 5.88 Å². The average Bonchev–Trinajstić information content (AvgIpc) is 2.15. The van der Waals surface area contributed by atoms with Crippen LogP contribution < -0.4 is 5.32 Å². The molecule has 1 saturated carbocycles. The van der Waals surface area contributed by atoms with Crippen molar-refractivity contribution in [3.05, 3.63) is 0 Å². The Morgan fingerprint density at radius 1 is 1.46 bits per heavy atom. The molecular formula is C9H16ClNO2. The fourth-order valence-corrected chi connectivity index (χ4v) is 2.31. The van der Waals surface area contributed by atoms with Crippen molar-refractivity contribution in [2.45, 2.75) is 38.1 Å². The van der Waals surface area contributed by atoms with Gasteiger partial charge in [0.1, 0.15) is 0 Å². The second kappa shape index (κ2) is 5.32. The first kappa shape index (κ1) is 10.6. The van der Waals surface area contributed by atoms with Crippen LogP contribution in [0.1, 0.15) is 32.1 Å². The normalized spacial score (nSPS) is 21.0. The standard InChI is InChI=1S/C9H16ClNO2/c10-6-8(11-9(12)13)7-4-2-1-3-5-7/h7-8,11H,1-6H2,(H,12,13). The fourth-order valence-electron chi connectivity index (χ4n) is 1.98. The summed E-state index contributed by atoms with van der Waals surface area (Å²) >= 11 is 5.72. The number of carbonyl (C=O) groups is 1. The van der Waals surface area contributed by atoms with E-state index in [0.717, 1.165) is 12.8 Å². The van der Waals surface area contributed by atoms with Gasteiger partial charge in [0.05, 0.1) is 0 Å². The molecule has 0 aromatic carbocycles. The molecule has 0 aromatic heterocycles. The maximum atomic E-state index is 10.4. The van der Waals surface area contributed by atoms with Crippen LogP contribution in [0.4, 0.5) is 4.79 Å². The zero-order valence-electron chi connectivity index (χ0n) is 7.63. The van der Waals surface area contributed by atoms with Gasteiger partial charge in [-0.3, -0.25) is 0 Å². The summed E-state index contributed by atoms with van der Waals surface area (Å²) in [5, 5.41) is 11.1. The number of rotatable bonds is 3. The van der Waals surface area contributed by atoms with E-state index in [2.05, 4.69) is 5.32 Å². The van der Waals surface area contributed by atoms with Gasteiger partial charge in [-0.2, -0.15) is 0 Å². The molecule has 0 aliphatic heterocycles. The van der Waals surface area contributed by atoms with E-state index < -0.39 is 6.09 Å². The van der Waals surface area contributed by atoms with Gasteiger partial charge in [0, 0.05) is 11.9 Å². The Bertz CT molecular complexity index is 169. The quantitative estimate of drug-likeness (QED) is 0.696. The molecule has 1 atom stereocenters. The average molecular weight is 206 g/mol. The molecule has 4 heteroatoms. The summed E-state index contributed by atoms with van der Waals surface area (Å²) < 4.78 is 0. The van der Waals surface area contributed by atoms with Crippen molar-refractivity contribution < 1.29 is 9.90 Å². The number of hydrogen-bond acceptors (Lipinski definition) is 1. The van der Waals surface area contributed by atoms with E-state index in [1.807, 2.05) is 0 Å². The van der Waals surface area contributed by atoms with Crippen molar-refractivity contribution in [1.82, 2.24) is 5.32 Å². The van der Waals surface area contributed by atoms with Gasteiger partial charge in [-0.15, -0.1) is 11.6 Å². The number of amides is 1. The van der Waals surface area contributed by atoms with Crippen molar-refractivity contribution in [3.8, 4) is 0 Å². The fraction of sp³-hybridized carbons (Fsp3) is 0.889. The number of alkyl halides is 1. The van der Waals surface area contributed by atoms with E-state index in [1.54, 1.807) is 0 Å². The Morgan fingerprint density at radius 3 is 2.54 bits per heavy atom. The minimum absolute atomic E-state index is 0.0560. The molecule has 2 N–H and O–H groups in total. The van der Waals surface area contributed by atoms with Gasteiger partial charge in [0.15, 0.2) is 0 Å². The van der Waals surface area contributed by atoms with E-state index in [1.165, 1.54) is 19.3 Å². The number of hydrogen-bond donors (Lipinski definition) is 2. The van der Waals surface area contributed by atoms with Crippen LogP contribution >= 0.6 is 11.6 Å². The number of nitrogens with one attached hydrogen (secondary N) is 1. The van der Waals surface area contributed by atoms with E-state index in [9.17, 15) is 4.79 Å². The lowest BCUT2D eigenvalue weighted by Gasteiger charge is -2.28. The molecule has 0 bridgehead atoms. The third-order valence-corrected chi connectivity index (χ3v) is 3.03. The predicted octanol–water partition coefficient (Wildman–Crippen LogP) is 2.44. The summed E-state index contributed by atoms with van der Waals surface area (Å²) in [4.78, 5) is 10.4. The summed E-state index contributed by atoms with van der Waals surface area (Å²) in [6.07, 6.45) is 4.95. The molecule has 0 aromatic rings. The molecule has 0 heterocycles. The van der Waals surface area contributed by atoms with Crippen LogP contribution in [0.15, 0.2) is 0 Å². The Kier molecular flexibility index (Phi) is 4.36. The molecule has 1 aliphatic carbocycles. The Balaban J connectivity index is 2.39. The summed E-state index contributed by atoms with van der Waals surface area (Å²) in [6.45, 7) is 0. The topological polar surface area (TPSA) is 49.3 Å². The third-order valence-electron chi connectivity index (χ3n) is 2.69. The van der Waals surface area contributed by atoms with Gasteiger partial charge < -0.3 is 10.4 Å². The molecule has 76 valence electrons. The number of carboxylic acid groups (broad SMARTS) is 1. The highest BCUT2D eigenvalue weighted by Crippen LogP contribution is 2.26. The van der Waals surface area contributed by atoms with Gasteiger partial charge in [-0.1, -0.05) is 19.3 Å². The predicted molar refractivity (Wildman–Crippen MR) is 52.2 cm³/mol. The molecule has 13 heavy (non-hydrogen) atoms. The molecule has 1 fully saturated rings. The smallest absolute Gasteiger partial charge is 0.404 e. The molecule has 1 amide bonds.